The summed E-state index contributed by atoms with van der Waals surface area (Å²) < 4.78 is 5.66. The van der Waals surface area contributed by atoms with Gasteiger partial charge in [-0.05, 0) is 25.0 Å². The predicted octanol–water partition coefficient (Wildman–Crippen LogP) is 2.10. The Morgan fingerprint density at radius 3 is 3.15 bits per heavy atom. The van der Waals surface area contributed by atoms with Gasteiger partial charge in [-0.1, -0.05) is 0 Å². The highest BCUT2D eigenvalue weighted by Gasteiger charge is 2.23. The van der Waals surface area contributed by atoms with E-state index in [2.05, 4.69) is 10.2 Å². The Kier molecular flexibility index (Phi) is 1.33. The van der Waals surface area contributed by atoms with E-state index in [4.69, 9.17) is 4.74 Å². The molecule has 1 saturated carbocycles. The molecule has 1 aliphatic carbocycles. The zero-order valence-corrected chi connectivity index (χ0v) is 7.16. The summed E-state index contributed by atoms with van der Waals surface area (Å²) in [7, 11) is 0. The smallest absolute Gasteiger partial charge is 0.121 e. The Hall–Kier alpha value is -1.51. The van der Waals surface area contributed by atoms with Gasteiger partial charge in [0, 0.05) is 11.5 Å². The minimum Gasteiger partial charge on any atom is -0.490 e. The molecular formula is C10H10N2O. The van der Waals surface area contributed by atoms with E-state index in [0.29, 0.717) is 6.10 Å². The molecule has 0 aliphatic heterocycles. The van der Waals surface area contributed by atoms with Crippen molar-refractivity contribution in [2.24, 2.45) is 0 Å². The molecule has 66 valence electrons. The average molecular weight is 174 g/mol. The SMILES string of the molecule is c1cc2cn[nH]c2cc1OC1CC1. The van der Waals surface area contributed by atoms with E-state index in [1.807, 2.05) is 24.4 Å². The van der Waals surface area contributed by atoms with Crippen LogP contribution in [0.15, 0.2) is 24.4 Å². The van der Waals surface area contributed by atoms with Crippen molar-refractivity contribution in [3.63, 3.8) is 0 Å². The number of benzene rings is 1. The molecule has 0 unspecified atom stereocenters. The molecule has 0 atom stereocenters. The molecule has 0 saturated heterocycles. The standard InChI is InChI=1S/C10H10N2O/c1-2-9(13-8-3-4-8)5-10-7(1)6-11-12-10/h1-2,5-6,8H,3-4H2,(H,11,12). The lowest BCUT2D eigenvalue weighted by molar-refractivity contribution is 0.303. The monoisotopic (exact) mass is 174 g/mol. The number of fused-ring (bicyclic) bond motifs is 1. The highest BCUT2D eigenvalue weighted by molar-refractivity contribution is 5.79. The fraction of sp³-hybridized carbons (Fsp3) is 0.300. The minimum absolute atomic E-state index is 0.459. The average Bonchev–Trinajstić information content (AvgIpc) is 2.83. The van der Waals surface area contributed by atoms with Gasteiger partial charge in [0.25, 0.3) is 0 Å². The lowest BCUT2D eigenvalue weighted by Crippen LogP contribution is -1.94. The molecule has 0 spiro atoms. The number of nitrogens with zero attached hydrogens (tertiary/aromatic N) is 1. The summed E-state index contributed by atoms with van der Waals surface area (Å²) in [6.45, 7) is 0. The van der Waals surface area contributed by atoms with E-state index in [9.17, 15) is 0 Å². The maximum atomic E-state index is 5.66. The number of aromatic nitrogens is 2. The van der Waals surface area contributed by atoms with Crippen molar-refractivity contribution in [3.05, 3.63) is 24.4 Å². The Morgan fingerprint density at radius 1 is 1.38 bits per heavy atom. The van der Waals surface area contributed by atoms with Crippen LogP contribution in [0.1, 0.15) is 12.8 Å². The molecule has 0 bridgehead atoms. The molecule has 1 heterocycles. The second kappa shape index (κ2) is 2.49. The van der Waals surface area contributed by atoms with Crippen molar-refractivity contribution < 1.29 is 4.74 Å². The first-order valence-electron chi connectivity index (χ1n) is 4.51. The molecule has 0 radical (unpaired) electrons. The number of ether oxygens (including phenoxy) is 1. The van der Waals surface area contributed by atoms with Crippen molar-refractivity contribution in [1.29, 1.82) is 0 Å². The summed E-state index contributed by atoms with van der Waals surface area (Å²) in [6.07, 6.45) is 4.67. The molecule has 0 amide bonds. The summed E-state index contributed by atoms with van der Waals surface area (Å²) in [4.78, 5) is 0. The largest absolute Gasteiger partial charge is 0.490 e. The van der Waals surface area contributed by atoms with Crippen molar-refractivity contribution in [1.82, 2.24) is 10.2 Å². The number of aromatic amines is 1. The molecule has 3 rings (SSSR count). The van der Waals surface area contributed by atoms with E-state index in [-0.39, 0.29) is 0 Å². The highest BCUT2D eigenvalue weighted by Crippen LogP contribution is 2.28. The van der Waals surface area contributed by atoms with Crippen LogP contribution in [-0.4, -0.2) is 16.3 Å². The van der Waals surface area contributed by atoms with Gasteiger partial charge in [0.1, 0.15) is 5.75 Å². The highest BCUT2D eigenvalue weighted by atomic mass is 16.5. The summed E-state index contributed by atoms with van der Waals surface area (Å²) in [5, 5.41) is 8.01. The van der Waals surface area contributed by atoms with Crippen LogP contribution in [0.2, 0.25) is 0 Å². The zero-order chi connectivity index (χ0) is 8.67. The fourth-order valence-electron chi connectivity index (χ4n) is 1.37. The summed E-state index contributed by atoms with van der Waals surface area (Å²) in [6, 6.07) is 6.02. The zero-order valence-electron chi connectivity index (χ0n) is 7.16. The number of nitrogens with one attached hydrogen (secondary N) is 1. The molecule has 3 heteroatoms. The molecule has 1 aromatic carbocycles. The topological polar surface area (TPSA) is 37.9 Å². The molecule has 1 fully saturated rings. The number of hydrogen-bond acceptors (Lipinski definition) is 2. The van der Waals surface area contributed by atoms with Crippen molar-refractivity contribution in [3.8, 4) is 5.75 Å². The quantitative estimate of drug-likeness (QED) is 0.757. The van der Waals surface area contributed by atoms with Gasteiger partial charge in [-0.3, -0.25) is 5.10 Å². The first kappa shape index (κ1) is 6.95. The Labute approximate surface area is 75.7 Å². The Balaban J connectivity index is 1.99. The van der Waals surface area contributed by atoms with Gasteiger partial charge < -0.3 is 4.74 Å². The van der Waals surface area contributed by atoms with Crippen LogP contribution in [0.5, 0.6) is 5.75 Å². The predicted molar refractivity (Wildman–Crippen MR) is 49.7 cm³/mol. The van der Waals surface area contributed by atoms with Crippen LogP contribution in [0, 0.1) is 0 Å². The number of rotatable bonds is 2. The van der Waals surface area contributed by atoms with Crippen LogP contribution in [0.4, 0.5) is 0 Å². The van der Waals surface area contributed by atoms with E-state index in [0.717, 1.165) is 16.7 Å². The molecule has 1 aliphatic rings. The molecule has 13 heavy (non-hydrogen) atoms. The second-order valence-electron chi connectivity index (χ2n) is 3.44. The van der Waals surface area contributed by atoms with E-state index in [1.54, 1.807) is 0 Å². The lowest BCUT2D eigenvalue weighted by Gasteiger charge is -2.02. The van der Waals surface area contributed by atoms with Crippen molar-refractivity contribution in [2.75, 3.05) is 0 Å². The van der Waals surface area contributed by atoms with E-state index >= 15 is 0 Å². The number of H-pyrrole nitrogens is 1. The maximum absolute atomic E-state index is 5.66. The summed E-state index contributed by atoms with van der Waals surface area (Å²) >= 11 is 0. The third-order valence-electron chi connectivity index (χ3n) is 2.24. The minimum atomic E-state index is 0.459. The van der Waals surface area contributed by atoms with Gasteiger partial charge in [-0.2, -0.15) is 5.10 Å². The van der Waals surface area contributed by atoms with Crippen LogP contribution in [0.3, 0.4) is 0 Å². The van der Waals surface area contributed by atoms with Gasteiger partial charge in [0.15, 0.2) is 0 Å². The van der Waals surface area contributed by atoms with Crippen LogP contribution in [-0.2, 0) is 0 Å². The first-order valence-corrected chi connectivity index (χ1v) is 4.51. The van der Waals surface area contributed by atoms with Crippen LogP contribution < -0.4 is 4.74 Å². The molecule has 1 N–H and O–H groups in total. The Morgan fingerprint density at radius 2 is 2.31 bits per heavy atom. The van der Waals surface area contributed by atoms with Gasteiger partial charge in [-0.25, -0.2) is 0 Å². The first-order chi connectivity index (χ1) is 6.42. The lowest BCUT2D eigenvalue weighted by atomic mass is 10.2. The van der Waals surface area contributed by atoms with Crippen LogP contribution in [0.25, 0.3) is 10.9 Å². The van der Waals surface area contributed by atoms with Gasteiger partial charge in [0.05, 0.1) is 17.8 Å². The van der Waals surface area contributed by atoms with Crippen LogP contribution >= 0.6 is 0 Å². The van der Waals surface area contributed by atoms with Crippen molar-refractivity contribution in [2.45, 2.75) is 18.9 Å². The normalized spacial score (nSPS) is 16.3. The van der Waals surface area contributed by atoms with E-state index in [1.165, 1.54) is 12.8 Å². The van der Waals surface area contributed by atoms with Gasteiger partial charge >= 0.3 is 0 Å². The molecule has 2 aromatic rings. The third-order valence-corrected chi connectivity index (χ3v) is 2.24. The summed E-state index contributed by atoms with van der Waals surface area (Å²) in [5.41, 5.74) is 1.04. The maximum Gasteiger partial charge on any atom is 0.121 e. The van der Waals surface area contributed by atoms with Crippen molar-refractivity contribution >= 4 is 10.9 Å². The Bertz CT molecular complexity index is 431. The van der Waals surface area contributed by atoms with E-state index < -0.39 is 0 Å². The molecule has 3 nitrogen and oxygen atoms in total. The third kappa shape index (κ3) is 1.26. The molecule has 1 aromatic heterocycles. The van der Waals surface area contributed by atoms with Gasteiger partial charge in [-0.15, -0.1) is 0 Å². The summed E-state index contributed by atoms with van der Waals surface area (Å²) in [5.74, 6) is 0.944. The second-order valence-corrected chi connectivity index (χ2v) is 3.44. The van der Waals surface area contributed by atoms with Gasteiger partial charge in [0.2, 0.25) is 0 Å². The fourth-order valence-corrected chi connectivity index (χ4v) is 1.37. The molecular weight excluding hydrogens is 164 g/mol. The number of hydrogen-bond donors (Lipinski definition) is 1.